The van der Waals surface area contributed by atoms with Gasteiger partial charge < -0.3 is 21.1 Å². The van der Waals surface area contributed by atoms with E-state index in [-0.39, 0.29) is 37.1 Å². The largest absolute Gasteiger partial charge is 0.483 e. The summed E-state index contributed by atoms with van der Waals surface area (Å²) >= 11 is 0. The number of piperidine rings is 1. The van der Waals surface area contributed by atoms with Crippen molar-refractivity contribution in [3.05, 3.63) is 46.4 Å². The molecule has 1 aromatic carbocycles. The molecule has 35 heavy (non-hydrogen) atoms. The third kappa shape index (κ3) is 5.17. The van der Waals surface area contributed by atoms with Gasteiger partial charge in [-0.1, -0.05) is 18.1 Å². The summed E-state index contributed by atoms with van der Waals surface area (Å²) in [5.74, 6) is 5.62. The Balaban J connectivity index is 1.70. The third-order valence-corrected chi connectivity index (χ3v) is 5.74. The van der Waals surface area contributed by atoms with Crippen molar-refractivity contribution in [2.45, 2.75) is 38.9 Å². The summed E-state index contributed by atoms with van der Waals surface area (Å²) in [5, 5.41) is 4.18. The number of imidazole rings is 1. The van der Waals surface area contributed by atoms with E-state index >= 15 is 0 Å². The molecule has 182 valence electrons. The maximum atomic E-state index is 13.4. The first kappa shape index (κ1) is 24.0. The van der Waals surface area contributed by atoms with Crippen molar-refractivity contribution in [1.29, 1.82) is 0 Å². The number of fused-ring (bicyclic) bond motifs is 1. The topological polar surface area (TPSA) is 151 Å². The van der Waals surface area contributed by atoms with Crippen LogP contribution in [0.3, 0.4) is 0 Å². The van der Waals surface area contributed by atoms with Gasteiger partial charge in [-0.05, 0) is 31.9 Å². The van der Waals surface area contributed by atoms with Gasteiger partial charge in [-0.3, -0.25) is 19.0 Å². The van der Waals surface area contributed by atoms with Crippen LogP contribution >= 0.6 is 0 Å². The maximum Gasteiger partial charge on any atom is 0.293 e. The molecule has 0 spiro atoms. The Morgan fingerprint density at radius 2 is 2.09 bits per heavy atom. The SMILES string of the molecule is CC#CCn1c(N2CCCC(N)C2)nc2cnn(CC(=O)c3ccccc3OCC(N)=O)c(=O)c21. The molecular weight excluding hydrogens is 450 g/mol. The van der Waals surface area contributed by atoms with Gasteiger partial charge in [0.25, 0.3) is 11.5 Å². The number of para-hydroxylation sites is 1. The van der Waals surface area contributed by atoms with Crippen LogP contribution in [0.4, 0.5) is 5.95 Å². The maximum absolute atomic E-state index is 13.4. The number of anilines is 1. The van der Waals surface area contributed by atoms with Gasteiger partial charge in [0.2, 0.25) is 5.95 Å². The van der Waals surface area contributed by atoms with Crippen molar-refractivity contribution in [3.63, 3.8) is 0 Å². The highest BCUT2D eigenvalue weighted by atomic mass is 16.5. The van der Waals surface area contributed by atoms with Crippen LogP contribution in [-0.4, -0.2) is 56.8 Å². The van der Waals surface area contributed by atoms with E-state index in [4.69, 9.17) is 16.2 Å². The number of nitrogens with two attached hydrogens (primary N) is 2. The van der Waals surface area contributed by atoms with Crippen molar-refractivity contribution in [1.82, 2.24) is 19.3 Å². The number of Topliss-reactive ketones (excluding diaryl/α,β-unsaturated/α-hetero) is 1. The molecule has 0 radical (unpaired) electrons. The number of aromatic nitrogens is 4. The average Bonchev–Trinajstić information content (AvgIpc) is 3.22. The van der Waals surface area contributed by atoms with Crippen molar-refractivity contribution in [2.24, 2.45) is 11.5 Å². The number of nitrogens with zero attached hydrogens (tertiary/aromatic N) is 5. The minimum Gasteiger partial charge on any atom is -0.483 e. The van der Waals surface area contributed by atoms with Gasteiger partial charge in [0.15, 0.2) is 12.4 Å². The molecule has 4 rings (SSSR count). The van der Waals surface area contributed by atoms with Gasteiger partial charge in [-0.15, -0.1) is 5.92 Å². The van der Waals surface area contributed by atoms with Gasteiger partial charge in [0.05, 0.1) is 18.3 Å². The Bertz CT molecular complexity index is 1380. The Morgan fingerprint density at radius 3 is 2.83 bits per heavy atom. The zero-order valence-electron chi connectivity index (χ0n) is 19.4. The first-order chi connectivity index (χ1) is 16.9. The molecule has 2 aromatic heterocycles. The smallest absolute Gasteiger partial charge is 0.293 e. The lowest BCUT2D eigenvalue weighted by atomic mass is 10.1. The number of hydrogen-bond acceptors (Lipinski definition) is 8. The molecule has 1 amide bonds. The van der Waals surface area contributed by atoms with Crippen molar-refractivity contribution < 1.29 is 14.3 Å². The second-order valence-electron chi connectivity index (χ2n) is 8.29. The van der Waals surface area contributed by atoms with E-state index in [0.717, 1.165) is 24.1 Å². The molecule has 1 atom stereocenters. The number of benzene rings is 1. The van der Waals surface area contributed by atoms with Crippen LogP contribution in [0, 0.1) is 11.8 Å². The molecule has 1 saturated heterocycles. The zero-order chi connectivity index (χ0) is 24.9. The minimum atomic E-state index is -0.663. The van der Waals surface area contributed by atoms with Crippen LogP contribution < -0.4 is 26.7 Å². The highest BCUT2D eigenvalue weighted by Crippen LogP contribution is 2.23. The summed E-state index contributed by atoms with van der Waals surface area (Å²) in [6.07, 6.45) is 3.34. The molecule has 4 N–H and O–H groups in total. The van der Waals surface area contributed by atoms with E-state index in [1.165, 1.54) is 6.20 Å². The van der Waals surface area contributed by atoms with E-state index < -0.39 is 17.2 Å². The fourth-order valence-electron chi connectivity index (χ4n) is 4.12. The quantitative estimate of drug-likeness (QED) is 0.347. The van der Waals surface area contributed by atoms with E-state index in [9.17, 15) is 14.4 Å². The molecule has 0 bridgehead atoms. The summed E-state index contributed by atoms with van der Waals surface area (Å²) in [7, 11) is 0. The van der Waals surface area contributed by atoms with E-state index in [1.807, 2.05) is 0 Å². The predicted octanol–water partition coefficient (Wildman–Crippen LogP) is 0.291. The monoisotopic (exact) mass is 477 g/mol. The zero-order valence-corrected chi connectivity index (χ0v) is 19.4. The summed E-state index contributed by atoms with van der Waals surface area (Å²) in [6, 6.07) is 6.48. The van der Waals surface area contributed by atoms with E-state index in [1.54, 1.807) is 35.8 Å². The fraction of sp³-hybridized carbons (Fsp3) is 0.375. The van der Waals surface area contributed by atoms with Gasteiger partial charge in [-0.2, -0.15) is 5.10 Å². The number of amides is 1. The highest BCUT2D eigenvalue weighted by molar-refractivity contribution is 5.98. The molecule has 1 aliphatic heterocycles. The van der Waals surface area contributed by atoms with Gasteiger partial charge >= 0.3 is 0 Å². The van der Waals surface area contributed by atoms with Gasteiger partial charge in [0, 0.05) is 19.1 Å². The second-order valence-corrected chi connectivity index (χ2v) is 8.29. The Hall–Kier alpha value is -4.17. The first-order valence-electron chi connectivity index (χ1n) is 11.3. The molecule has 1 unspecified atom stereocenters. The number of rotatable bonds is 8. The predicted molar refractivity (Wildman–Crippen MR) is 130 cm³/mol. The van der Waals surface area contributed by atoms with E-state index in [2.05, 4.69) is 26.8 Å². The number of ketones is 1. The summed E-state index contributed by atoms with van der Waals surface area (Å²) in [4.78, 5) is 44.3. The molecule has 1 fully saturated rings. The molecule has 11 nitrogen and oxygen atoms in total. The Morgan fingerprint density at radius 1 is 1.29 bits per heavy atom. The molecule has 3 heterocycles. The molecule has 1 aliphatic rings. The lowest BCUT2D eigenvalue weighted by Gasteiger charge is -2.31. The van der Waals surface area contributed by atoms with Gasteiger partial charge in [-0.25, -0.2) is 9.67 Å². The average molecular weight is 478 g/mol. The van der Waals surface area contributed by atoms with Crippen LogP contribution in [-0.2, 0) is 17.9 Å². The van der Waals surface area contributed by atoms with Crippen LogP contribution in [0.2, 0.25) is 0 Å². The Kier molecular flexibility index (Phi) is 7.12. The van der Waals surface area contributed by atoms with Crippen molar-refractivity contribution in [2.75, 3.05) is 24.6 Å². The normalized spacial score (nSPS) is 15.5. The van der Waals surface area contributed by atoms with Crippen molar-refractivity contribution in [3.8, 4) is 17.6 Å². The lowest BCUT2D eigenvalue weighted by Crippen LogP contribution is -2.44. The second kappa shape index (κ2) is 10.4. The molecular formula is C24H27N7O4. The van der Waals surface area contributed by atoms with Crippen LogP contribution in [0.5, 0.6) is 5.75 Å². The summed E-state index contributed by atoms with van der Waals surface area (Å²) in [6.45, 7) is 2.72. The lowest BCUT2D eigenvalue weighted by molar-refractivity contribution is -0.119. The van der Waals surface area contributed by atoms with Gasteiger partial charge in [0.1, 0.15) is 23.3 Å². The van der Waals surface area contributed by atoms with E-state index in [0.29, 0.717) is 23.5 Å². The number of hydrogen-bond donors (Lipinski definition) is 2. The molecule has 11 heteroatoms. The number of primary amides is 1. The number of carbonyl (C=O) groups excluding carboxylic acids is 2. The Labute approximate surface area is 201 Å². The van der Waals surface area contributed by atoms with Crippen LogP contribution in [0.1, 0.15) is 30.1 Å². The fourth-order valence-corrected chi connectivity index (χ4v) is 4.12. The van der Waals surface area contributed by atoms with Crippen LogP contribution in [0.15, 0.2) is 35.3 Å². The van der Waals surface area contributed by atoms with Crippen LogP contribution in [0.25, 0.3) is 11.0 Å². The molecule has 0 saturated carbocycles. The minimum absolute atomic E-state index is 0.0264. The first-order valence-corrected chi connectivity index (χ1v) is 11.3. The number of carbonyl (C=O) groups is 2. The molecule has 3 aromatic rings. The standard InChI is InChI=1S/C24H27N7O4/c1-2-3-11-30-22-18(28-24(30)29-10-6-7-16(25)13-29)12-27-31(23(22)34)14-19(32)17-8-4-5-9-20(17)35-15-21(26)33/h4-5,8-9,12,16H,6-7,10-11,13-15,25H2,1H3,(H2,26,33). The third-order valence-electron chi connectivity index (χ3n) is 5.74. The summed E-state index contributed by atoms with van der Waals surface area (Å²) < 4.78 is 8.21. The molecule has 0 aliphatic carbocycles. The highest BCUT2D eigenvalue weighted by Gasteiger charge is 2.25. The van der Waals surface area contributed by atoms with Crippen molar-refractivity contribution >= 4 is 28.7 Å². The number of ether oxygens (including phenoxy) is 1. The summed E-state index contributed by atoms with van der Waals surface area (Å²) in [5.41, 5.74) is 11.8.